The van der Waals surface area contributed by atoms with Gasteiger partial charge in [-0.15, -0.1) is 0 Å². The molecule has 0 spiro atoms. The Bertz CT molecular complexity index is 198. The van der Waals surface area contributed by atoms with Crippen LogP contribution < -0.4 is 0 Å². The molecule has 1 amide bonds. The normalized spacial score (nSPS) is 23.4. The summed E-state index contributed by atoms with van der Waals surface area (Å²) in [7, 11) is 0. The summed E-state index contributed by atoms with van der Waals surface area (Å²) in [6.07, 6.45) is -0.452. The van der Waals surface area contributed by atoms with Crippen molar-refractivity contribution in [1.82, 2.24) is 4.90 Å². The SMILES string of the molecule is C[C@@H]1OCCN1C(=O)OC(C)(C)C. The first-order chi connectivity index (χ1) is 5.90. The second kappa shape index (κ2) is 3.54. The molecule has 1 aliphatic heterocycles. The summed E-state index contributed by atoms with van der Waals surface area (Å²) in [4.78, 5) is 13.1. The maximum Gasteiger partial charge on any atom is 0.412 e. The van der Waals surface area contributed by atoms with Gasteiger partial charge in [0, 0.05) is 0 Å². The standard InChI is InChI=1S/C9H17NO3/c1-7-10(5-6-12-7)8(11)13-9(2,3)4/h7H,5-6H2,1-4H3/t7-/m0/s1. The molecule has 1 aliphatic rings. The first-order valence-electron chi connectivity index (χ1n) is 4.51. The Morgan fingerprint density at radius 2 is 2.15 bits per heavy atom. The zero-order valence-corrected chi connectivity index (χ0v) is 8.66. The van der Waals surface area contributed by atoms with E-state index in [4.69, 9.17) is 9.47 Å². The van der Waals surface area contributed by atoms with Crippen LogP contribution in [0.3, 0.4) is 0 Å². The van der Waals surface area contributed by atoms with Gasteiger partial charge in [0.2, 0.25) is 0 Å². The van der Waals surface area contributed by atoms with E-state index in [0.717, 1.165) is 0 Å². The quantitative estimate of drug-likeness (QED) is 0.578. The van der Waals surface area contributed by atoms with Gasteiger partial charge in [0.05, 0.1) is 13.2 Å². The summed E-state index contributed by atoms with van der Waals surface area (Å²) in [6.45, 7) is 8.62. The van der Waals surface area contributed by atoms with Crippen molar-refractivity contribution in [2.45, 2.75) is 39.5 Å². The average Bonchev–Trinajstić information content (AvgIpc) is 2.30. The average molecular weight is 187 g/mol. The van der Waals surface area contributed by atoms with E-state index in [1.165, 1.54) is 0 Å². The molecule has 0 unspecified atom stereocenters. The van der Waals surface area contributed by atoms with Crippen LogP contribution in [-0.2, 0) is 9.47 Å². The summed E-state index contributed by atoms with van der Waals surface area (Å²) >= 11 is 0. The van der Waals surface area contributed by atoms with Crippen LogP contribution in [0.4, 0.5) is 4.79 Å². The lowest BCUT2D eigenvalue weighted by atomic mass is 10.2. The van der Waals surface area contributed by atoms with Gasteiger partial charge in [-0.2, -0.15) is 0 Å². The van der Waals surface area contributed by atoms with Gasteiger partial charge in [-0.05, 0) is 27.7 Å². The third-order valence-corrected chi connectivity index (χ3v) is 1.76. The van der Waals surface area contributed by atoms with Crippen molar-refractivity contribution in [1.29, 1.82) is 0 Å². The van der Waals surface area contributed by atoms with E-state index >= 15 is 0 Å². The van der Waals surface area contributed by atoms with Gasteiger partial charge in [-0.3, -0.25) is 4.90 Å². The zero-order chi connectivity index (χ0) is 10.1. The predicted molar refractivity (Wildman–Crippen MR) is 48.4 cm³/mol. The number of nitrogens with zero attached hydrogens (tertiary/aromatic N) is 1. The van der Waals surface area contributed by atoms with Crippen molar-refractivity contribution < 1.29 is 14.3 Å². The molecule has 76 valence electrons. The highest BCUT2D eigenvalue weighted by molar-refractivity contribution is 5.68. The number of hydrogen-bond acceptors (Lipinski definition) is 3. The first kappa shape index (κ1) is 10.3. The van der Waals surface area contributed by atoms with Gasteiger partial charge < -0.3 is 9.47 Å². The van der Waals surface area contributed by atoms with Gasteiger partial charge in [-0.25, -0.2) is 4.79 Å². The van der Waals surface area contributed by atoms with Crippen LogP contribution in [0.1, 0.15) is 27.7 Å². The molecule has 0 aromatic rings. The van der Waals surface area contributed by atoms with E-state index in [9.17, 15) is 4.79 Å². The fourth-order valence-electron chi connectivity index (χ4n) is 1.15. The van der Waals surface area contributed by atoms with E-state index in [1.54, 1.807) is 4.90 Å². The van der Waals surface area contributed by atoms with Crippen molar-refractivity contribution >= 4 is 6.09 Å². The van der Waals surface area contributed by atoms with E-state index in [-0.39, 0.29) is 12.3 Å². The van der Waals surface area contributed by atoms with Crippen LogP contribution >= 0.6 is 0 Å². The molecule has 0 saturated carbocycles. The van der Waals surface area contributed by atoms with E-state index in [2.05, 4.69) is 0 Å². The molecule has 0 N–H and O–H groups in total. The fraction of sp³-hybridized carbons (Fsp3) is 0.889. The number of carbonyl (C=O) groups excluding carboxylic acids is 1. The molecule has 13 heavy (non-hydrogen) atoms. The maximum atomic E-state index is 11.5. The highest BCUT2D eigenvalue weighted by Gasteiger charge is 2.29. The Morgan fingerprint density at radius 1 is 1.54 bits per heavy atom. The second-order valence-electron chi connectivity index (χ2n) is 4.14. The van der Waals surface area contributed by atoms with Gasteiger partial charge in [0.1, 0.15) is 11.8 Å². The summed E-state index contributed by atoms with van der Waals surface area (Å²) in [5.41, 5.74) is -0.431. The number of rotatable bonds is 0. The van der Waals surface area contributed by atoms with Crippen molar-refractivity contribution in [3.8, 4) is 0 Å². The van der Waals surface area contributed by atoms with Crippen molar-refractivity contribution in [2.24, 2.45) is 0 Å². The molecule has 0 bridgehead atoms. The Kier molecular flexibility index (Phi) is 2.81. The summed E-state index contributed by atoms with van der Waals surface area (Å²) in [6, 6.07) is 0. The molecule has 4 heteroatoms. The largest absolute Gasteiger partial charge is 0.444 e. The molecule has 4 nitrogen and oxygen atoms in total. The third-order valence-electron chi connectivity index (χ3n) is 1.76. The monoisotopic (exact) mass is 187 g/mol. The van der Waals surface area contributed by atoms with Crippen LogP contribution in [0, 0.1) is 0 Å². The molecule has 0 radical (unpaired) electrons. The Labute approximate surface area is 78.8 Å². The molecule has 0 aliphatic carbocycles. The Hall–Kier alpha value is -0.770. The van der Waals surface area contributed by atoms with Gasteiger partial charge >= 0.3 is 6.09 Å². The molecule has 1 saturated heterocycles. The predicted octanol–water partition coefficient (Wildman–Crippen LogP) is 1.60. The summed E-state index contributed by atoms with van der Waals surface area (Å²) < 4.78 is 10.4. The molecule has 0 aromatic heterocycles. The molecule has 1 heterocycles. The lowest BCUT2D eigenvalue weighted by Crippen LogP contribution is -2.38. The Balaban J connectivity index is 2.48. The molecular formula is C9H17NO3. The number of carbonyl (C=O) groups is 1. The lowest BCUT2D eigenvalue weighted by molar-refractivity contribution is -0.00226. The molecular weight excluding hydrogens is 170 g/mol. The molecule has 1 fully saturated rings. The van der Waals surface area contributed by atoms with Crippen LogP contribution in [0.15, 0.2) is 0 Å². The minimum absolute atomic E-state index is 0.158. The zero-order valence-electron chi connectivity index (χ0n) is 8.66. The number of amides is 1. The van der Waals surface area contributed by atoms with Crippen LogP contribution in [0.5, 0.6) is 0 Å². The first-order valence-corrected chi connectivity index (χ1v) is 4.51. The highest BCUT2D eigenvalue weighted by Crippen LogP contribution is 2.15. The smallest absolute Gasteiger partial charge is 0.412 e. The minimum atomic E-state index is -0.431. The Morgan fingerprint density at radius 3 is 2.54 bits per heavy atom. The summed E-state index contributed by atoms with van der Waals surface area (Å²) in [5, 5.41) is 0. The van der Waals surface area contributed by atoms with E-state index < -0.39 is 5.60 Å². The summed E-state index contributed by atoms with van der Waals surface area (Å²) in [5.74, 6) is 0. The van der Waals surface area contributed by atoms with E-state index in [0.29, 0.717) is 13.2 Å². The fourth-order valence-corrected chi connectivity index (χ4v) is 1.15. The highest BCUT2D eigenvalue weighted by atomic mass is 16.6. The van der Waals surface area contributed by atoms with Gasteiger partial charge in [0.25, 0.3) is 0 Å². The molecule has 1 atom stereocenters. The van der Waals surface area contributed by atoms with Crippen molar-refractivity contribution in [3.63, 3.8) is 0 Å². The van der Waals surface area contributed by atoms with Crippen LogP contribution in [0.2, 0.25) is 0 Å². The number of ether oxygens (including phenoxy) is 2. The van der Waals surface area contributed by atoms with Gasteiger partial charge in [-0.1, -0.05) is 0 Å². The lowest BCUT2D eigenvalue weighted by Gasteiger charge is -2.25. The maximum absolute atomic E-state index is 11.5. The van der Waals surface area contributed by atoms with Crippen LogP contribution in [-0.4, -0.2) is 36.0 Å². The van der Waals surface area contributed by atoms with Crippen molar-refractivity contribution in [3.05, 3.63) is 0 Å². The van der Waals surface area contributed by atoms with Crippen molar-refractivity contribution in [2.75, 3.05) is 13.2 Å². The van der Waals surface area contributed by atoms with Gasteiger partial charge in [0.15, 0.2) is 0 Å². The molecule has 1 rings (SSSR count). The van der Waals surface area contributed by atoms with Crippen LogP contribution in [0.25, 0.3) is 0 Å². The molecule has 0 aromatic carbocycles. The number of hydrogen-bond donors (Lipinski definition) is 0. The minimum Gasteiger partial charge on any atom is -0.444 e. The second-order valence-corrected chi connectivity index (χ2v) is 4.14. The third kappa shape index (κ3) is 2.88. The topological polar surface area (TPSA) is 38.8 Å². The van der Waals surface area contributed by atoms with E-state index in [1.807, 2.05) is 27.7 Å².